The molecule has 0 aliphatic heterocycles. The van der Waals surface area contributed by atoms with Crippen LogP contribution in [0.4, 0.5) is 10.5 Å². The molecule has 0 radical (unpaired) electrons. The second-order valence-corrected chi connectivity index (χ2v) is 4.32. The number of aromatic carboxylic acids is 1. The molecule has 1 aromatic carbocycles. The largest absolute Gasteiger partial charge is 0.507 e. The van der Waals surface area contributed by atoms with Gasteiger partial charge in [0.05, 0.1) is 0 Å². The molecule has 1 atom stereocenters. The zero-order valence-corrected chi connectivity index (χ0v) is 11.3. The van der Waals surface area contributed by atoms with E-state index in [2.05, 4.69) is 10.6 Å². The number of phenols is 1. The fraction of sp³-hybridized carbons (Fsp3) is 0.385. The summed E-state index contributed by atoms with van der Waals surface area (Å²) in [5.74, 6) is -1.63. The summed E-state index contributed by atoms with van der Waals surface area (Å²) in [6, 6.07) is 3.31. The van der Waals surface area contributed by atoms with Crippen LogP contribution in [0.3, 0.4) is 0 Å². The van der Waals surface area contributed by atoms with Gasteiger partial charge >= 0.3 is 12.0 Å². The summed E-state index contributed by atoms with van der Waals surface area (Å²) < 4.78 is 4.90. The van der Waals surface area contributed by atoms with Crippen LogP contribution in [-0.4, -0.2) is 42.0 Å². The highest BCUT2D eigenvalue weighted by atomic mass is 16.5. The molecule has 0 spiro atoms. The number of hydrogen-bond donors (Lipinski definition) is 4. The van der Waals surface area contributed by atoms with E-state index in [4.69, 9.17) is 9.84 Å². The summed E-state index contributed by atoms with van der Waals surface area (Å²) in [4.78, 5) is 22.4. The number of carboxylic acids is 1. The van der Waals surface area contributed by atoms with Gasteiger partial charge in [-0.25, -0.2) is 9.59 Å². The van der Waals surface area contributed by atoms with Crippen LogP contribution < -0.4 is 10.6 Å². The monoisotopic (exact) mass is 282 g/mol. The van der Waals surface area contributed by atoms with Crippen molar-refractivity contribution in [3.8, 4) is 5.75 Å². The van der Waals surface area contributed by atoms with E-state index in [-0.39, 0.29) is 11.6 Å². The summed E-state index contributed by atoms with van der Waals surface area (Å²) in [6.07, 6.45) is 0.674. The maximum absolute atomic E-state index is 11.7. The Kier molecular flexibility index (Phi) is 5.79. The number of carboxylic acid groups (broad SMARTS) is 1. The minimum absolute atomic E-state index is 0.0677. The number of amides is 2. The van der Waals surface area contributed by atoms with Crippen molar-refractivity contribution in [3.63, 3.8) is 0 Å². The van der Waals surface area contributed by atoms with E-state index in [0.29, 0.717) is 18.7 Å². The molecule has 7 nitrogen and oxygen atoms in total. The first-order valence-electron chi connectivity index (χ1n) is 6.06. The fourth-order valence-electron chi connectivity index (χ4n) is 1.55. The molecule has 2 amide bonds. The van der Waals surface area contributed by atoms with Crippen molar-refractivity contribution in [3.05, 3.63) is 23.8 Å². The molecule has 0 aromatic heterocycles. The Bertz CT molecular complexity index is 490. The molecule has 1 rings (SSSR count). The Morgan fingerprint density at radius 3 is 2.65 bits per heavy atom. The molecule has 20 heavy (non-hydrogen) atoms. The Hall–Kier alpha value is -2.28. The zero-order chi connectivity index (χ0) is 15.1. The lowest BCUT2D eigenvalue weighted by Crippen LogP contribution is -2.36. The van der Waals surface area contributed by atoms with Gasteiger partial charge in [0.2, 0.25) is 0 Å². The molecule has 4 N–H and O–H groups in total. The zero-order valence-electron chi connectivity index (χ0n) is 11.3. The van der Waals surface area contributed by atoms with Crippen molar-refractivity contribution >= 4 is 17.7 Å². The predicted molar refractivity (Wildman–Crippen MR) is 73.2 cm³/mol. The van der Waals surface area contributed by atoms with Gasteiger partial charge in [0.25, 0.3) is 0 Å². The van der Waals surface area contributed by atoms with E-state index in [1.807, 2.05) is 6.92 Å². The number of benzene rings is 1. The molecule has 0 saturated carbocycles. The van der Waals surface area contributed by atoms with Crippen molar-refractivity contribution in [1.29, 1.82) is 0 Å². The first kappa shape index (κ1) is 15.8. The number of methoxy groups -OCH3 is 1. The molecule has 1 unspecified atom stereocenters. The highest BCUT2D eigenvalue weighted by molar-refractivity contribution is 5.93. The quantitative estimate of drug-likeness (QED) is 0.634. The topological polar surface area (TPSA) is 108 Å². The van der Waals surface area contributed by atoms with Crippen molar-refractivity contribution in [2.75, 3.05) is 19.0 Å². The lowest BCUT2D eigenvalue weighted by molar-refractivity contribution is 0.0694. The third kappa shape index (κ3) is 4.77. The fourth-order valence-corrected chi connectivity index (χ4v) is 1.55. The third-order valence-corrected chi connectivity index (χ3v) is 2.62. The Morgan fingerprint density at radius 1 is 1.40 bits per heavy atom. The minimum Gasteiger partial charge on any atom is -0.507 e. The molecular weight excluding hydrogens is 264 g/mol. The van der Waals surface area contributed by atoms with Crippen molar-refractivity contribution in [1.82, 2.24) is 5.32 Å². The second kappa shape index (κ2) is 7.34. The summed E-state index contributed by atoms with van der Waals surface area (Å²) in [5.41, 5.74) is 0.0911. The lowest BCUT2D eigenvalue weighted by atomic mass is 10.2. The van der Waals surface area contributed by atoms with Gasteiger partial charge in [-0.15, -0.1) is 0 Å². The Labute approximate surface area is 116 Å². The molecule has 7 heteroatoms. The van der Waals surface area contributed by atoms with Gasteiger partial charge in [0.1, 0.15) is 11.3 Å². The van der Waals surface area contributed by atoms with E-state index in [9.17, 15) is 14.7 Å². The third-order valence-electron chi connectivity index (χ3n) is 2.62. The van der Waals surface area contributed by atoms with Crippen LogP contribution in [0.2, 0.25) is 0 Å². The van der Waals surface area contributed by atoms with Gasteiger partial charge in [-0.1, -0.05) is 0 Å². The van der Waals surface area contributed by atoms with Crippen molar-refractivity contribution in [2.45, 2.75) is 19.4 Å². The van der Waals surface area contributed by atoms with Crippen molar-refractivity contribution in [2.24, 2.45) is 0 Å². The molecule has 0 aliphatic carbocycles. The summed E-state index contributed by atoms with van der Waals surface area (Å²) in [7, 11) is 1.58. The Balaban J connectivity index is 2.58. The van der Waals surface area contributed by atoms with Crippen LogP contribution in [0.25, 0.3) is 0 Å². The van der Waals surface area contributed by atoms with Crippen LogP contribution in [0.5, 0.6) is 5.75 Å². The van der Waals surface area contributed by atoms with E-state index in [1.54, 1.807) is 7.11 Å². The number of ether oxygens (including phenoxy) is 1. The number of carbonyl (C=O) groups excluding carboxylic acids is 1. The molecule has 0 heterocycles. The van der Waals surface area contributed by atoms with Gasteiger partial charge in [-0.05, 0) is 25.5 Å². The number of hydrogen-bond acceptors (Lipinski definition) is 4. The molecule has 0 saturated heterocycles. The molecule has 0 fully saturated rings. The highest BCUT2D eigenvalue weighted by Gasteiger charge is 2.11. The van der Waals surface area contributed by atoms with E-state index in [0.717, 1.165) is 0 Å². The lowest BCUT2D eigenvalue weighted by Gasteiger charge is -2.14. The summed E-state index contributed by atoms with van der Waals surface area (Å²) in [6.45, 7) is 2.37. The molecule has 110 valence electrons. The highest BCUT2D eigenvalue weighted by Crippen LogP contribution is 2.21. The first-order valence-corrected chi connectivity index (χ1v) is 6.06. The second-order valence-electron chi connectivity index (χ2n) is 4.32. The van der Waals surface area contributed by atoms with Gasteiger partial charge in [0, 0.05) is 31.5 Å². The average molecular weight is 282 g/mol. The van der Waals surface area contributed by atoms with Crippen LogP contribution in [0.1, 0.15) is 23.7 Å². The van der Waals surface area contributed by atoms with E-state index >= 15 is 0 Å². The average Bonchev–Trinajstić information content (AvgIpc) is 2.35. The van der Waals surface area contributed by atoms with Crippen LogP contribution >= 0.6 is 0 Å². The maximum atomic E-state index is 11.7. The normalized spacial score (nSPS) is 11.7. The summed E-state index contributed by atoms with van der Waals surface area (Å²) >= 11 is 0. The number of carbonyl (C=O) groups is 2. The number of anilines is 1. The number of urea groups is 1. The van der Waals surface area contributed by atoms with Crippen LogP contribution in [-0.2, 0) is 4.74 Å². The minimum atomic E-state index is -1.23. The summed E-state index contributed by atoms with van der Waals surface area (Å²) in [5, 5.41) is 23.5. The first-order chi connectivity index (χ1) is 9.43. The molecule has 1 aromatic rings. The van der Waals surface area contributed by atoms with Crippen LogP contribution in [0.15, 0.2) is 18.2 Å². The van der Waals surface area contributed by atoms with Gasteiger partial charge in [0.15, 0.2) is 0 Å². The molecule has 0 aliphatic rings. The molecule has 0 bridgehead atoms. The van der Waals surface area contributed by atoms with Gasteiger partial charge in [-0.2, -0.15) is 0 Å². The predicted octanol–water partition coefficient (Wildman–Crippen LogP) is 1.64. The Morgan fingerprint density at radius 2 is 2.10 bits per heavy atom. The number of rotatable bonds is 6. The number of aromatic hydroxyl groups is 1. The van der Waals surface area contributed by atoms with Gasteiger partial charge < -0.3 is 25.6 Å². The van der Waals surface area contributed by atoms with E-state index < -0.39 is 17.7 Å². The molecular formula is C13H18N2O5. The maximum Gasteiger partial charge on any atom is 0.339 e. The smallest absolute Gasteiger partial charge is 0.339 e. The van der Waals surface area contributed by atoms with Crippen molar-refractivity contribution < 1.29 is 24.5 Å². The standard InChI is InChI=1S/C13H18N2O5/c1-8(5-6-20-2)14-13(19)15-9-3-4-10(12(17)18)11(16)7-9/h3-4,7-8,16H,5-6H2,1-2H3,(H,17,18)(H2,14,15,19). The van der Waals surface area contributed by atoms with Crippen LogP contribution in [0, 0.1) is 0 Å². The van der Waals surface area contributed by atoms with Gasteiger partial charge in [-0.3, -0.25) is 0 Å². The number of nitrogens with one attached hydrogen (secondary N) is 2. The SMILES string of the molecule is COCCC(C)NC(=O)Nc1ccc(C(=O)O)c(O)c1. The van der Waals surface area contributed by atoms with E-state index in [1.165, 1.54) is 18.2 Å².